The van der Waals surface area contributed by atoms with Gasteiger partial charge in [-0.1, -0.05) is 30.3 Å². The molecule has 3 rings (SSSR count). The van der Waals surface area contributed by atoms with E-state index in [0.717, 1.165) is 11.3 Å². The van der Waals surface area contributed by atoms with Crippen molar-refractivity contribution in [2.45, 2.75) is 6.92 Å². The number of aromatic carboxylic acids is 1. The minimum Gasteiger partial charge on any atom is -0.478 e. The molecule has 94 valence electrons. The maximum Gasteiger partial charge on any atom is 0.339 e. The summed E-state index contributed by atoms with van der Waals surface area (Å²) in [5.41, 5.74) is 3.12. The molecule has 0 amide bonds. The standard InChI is InChI=1S/C14H11N3O2/c1-9-11(14(18)19)8-15-13-7-12(16-17(9)13)10-5-3-2-4-6-10/h2-8H,1H3,(H,18,19). The molecule has 3 aromatic rings. The average molecular weight is 253 g/mol. The van der Waals surface area contributed by atoms with E-state index in [1.54, 1.807) is 11.4 Å². The number of benzene rings is 1. The molecule has 0 saturated heterocycles. The molecule has 2 aromatic heterocycles. The van der Waals surface area contributed by atoms with Crippen LogP contribution in [0.25, 0.3) is 16.9 Å². The molecule has 0 atom stereocenters. The Morgan fingerprint density at radius 2 is 2.00 bits per heavy atom. The van der Waals surface area contributed by atoms with Crippen molar-refractivity contribution < 1.29 is 9.90 Å². The first-order valence-electron chi connectivity index (χ1n) is 5.81. The lowest BCUT2D eigenvalue weighted by Gasteiger charge is -2.01. The number of rotatable bonds is 2. The predicted octanol–water partition coefficient (Wildman–Crippen LogP) is 2.40. The van der Waals surface area contributed by atoms with Crippen LogP contribution in [0.2, 0.25) is 0 Å². The first-order valence-corrected chi connectivity index (χ1v) is 5.81. The quantitative estimate of drug-likeness (QED) is 0.761. The molecule has 0 aliphatic rings. The highest BCUT2D eigenvalue weighted by molar-refractivity contribution is 5.88. The summed E-state index contributed by atoms with van der Waals surface area (Å²) in [5, 5.41) is 13.5. The Kier molecular flexibility index (Phi) is 2.52. The van der Waals surface area contributed by atoms with Crippen molar-refractivity contribution in [2.24, 2.45) is 0 Å². The van der Waals surface area contributed by atoms with Gasteiger partial charge in [0.05, 0.1) is 17.0 Å². The molecule has 0 radical (unpaired) electrons. The highest BCUT2D eigenvalue weighted by atomic mass is 16.4. The van der Waals surface area contributed by atoms with E-state index in [4.69, 9.17) is 5.11 Å². The summed E-state index contributed by atoms with van der Waals surface area (Å²) in [4.78, 5) is 15.2. The molecular formula is C14H11N3O2. The average Bonchev–Trinajstić information content (AvgIpc) is 2.85. The summed E-state index contributed by atoms with van der Waals surface area (Å²) in [6, 6.07) is 11.5. The third-order valence-electron chi connectivity index (χ3n) is 3.02. The van der Waals surface area contributed by atoms with Crippen molar-refractivity contribution in [3.05, 3.63) is 53.9 Å². The van der Waals surface area contributed by atoms with E-state index in [9.17, 15) is 4.79 Å². The van der Waals surface area contributed by atoms with Gasteiger partial charge < -0.3 is 5.11 Å². The fourth-order valence-electron chi connectivity index (χ4n) is 2.01. The summed E-state index contributed by atoms with van der Waals surface area (Å²) in [5.74, 6) is -0.997. The van der Waals surface area contributed by atoms with Crippen molar-refractivity contribution in [3.8, 4) is 11.3 Å². The zero-order valence-corrected chi connectivity index (χ0v) is 10.2. The minimum absolute atomic E-state index is 0.162. The monoisotopic (exact) mass is 253 g/mol. The first-order chi connectivity index (χ1) is 9.16. The number of nitrogens with zero attached hydrogens (tertiary/aromatic N) is 3. The highest BCUT2D eigenvalue weighted by Gasteiger charge is 2.13. The fourth-order valence-corrected chi connectivity index (χ4v) is 2.01. The van der Waals surface area contributed by atoms with E-state index < -0.39 is 5.97 Å². The fraction of sp³-hybridized carbons (Fsp3) is 0.0714. The Morgan fingerprint density at radius 3 is 2.68 bits per heavy atom. The molecule has 1 N–H and O–H groups in total. The maximum atomic E-state index is 11.1. The lowest BCUT2D eigenvalue weighted by Crippen LogP contribution is -2.06. The summed E-state index contributed by atoms with van der Waals surface area (Å²) in [6.07, 6.45) is 1.36. The zero-order valence-electron chi connectivity index (χ0n) is 10.2. The third kappa shape index (κ3) is 1.85. The van der Waals surface area contributed by atoms with Gasteiger partial charge in [-0.05, 0) is 6.92 Å². The Balaban J connectivity index is 2.22. The number of carboxylic acids is 1. The lowest BCUT2D eigenvalue weighted by molar-refractivity contribution is 0.0695. The number of aromatic nitrogens is 3. The first kappa shape index (κ1) is 11.4. The SMILES string of the molecule is Cc1c(C(=O)O)cnc2cc(-c3ccccc3)nn12. The van der Waals surface area contributed by atoms with Crippen molar-refractivity contribution in [1.82, 2.24) is 14.6 Å². The van der Waals surface area contributed by atoms with Crippen LogP contribution in [0.1, 0.15) is 16.1 Å². The van der Waals surface area contributed by atoms with Gasteiger partial charge in [-0.25, -0.2) is 14.3 Å². The van der Waals surface area contributed by atoms with E-state index in [-0.39, 0.29) is 5.56 Å². The van der Waals surface area contributed by atoms with E-state index in [0.29, 0.717) is 11.3 Å². The minimum atomic E-state index is -0.997. The van der Waals surface area contributed by atoms with Gasteiger partial charge in [0, 0.05) is 17.8 Å². The predicted molar refractivity (Wildman–Crippen MR) is 70.1 cm³/mol. The molecular weight excluding hydrogens is 242 g/mol. The van der Waals surface area contributed by atoms with Crippen molar-refractivity contribution in [1.29, 1.82) is 0 Å². The molecule has 0 unspecified atom stereocenters. The van der Waals surface area contributed by atoms with Gasteiger partial charge in [-0.2, -0.15) is 5.10 Å². The van der Waals surface area contributed by atoms with Gasteiger partial charge in [0.25, 0.3) is 0 Å². The van der Waals surface area contributed by atoms with Crippen LogP contribution in [0.15, 0.2) is 42.6 Å². The molecule has 0 spiro atoms. The second-order valence-corrected chi connectivity index (χ2v) is 4.23. The number of hydrogen-bond acceptors (Lipinski definition) is 3. The Labute approximate surface area is 109 Å². The van der Waals surface area contributed by atoms with Gasteiger partial charge >= 0.3 is 5.97 Å². The van der Waals surface area contributed by atoms with Gasteiger partial charge in [-0.3, -0.25) is 0 Å². The smallest absolute Gasteiger partial charge is 0.339 e. The Bertz CT molecular complexity index is 763. The van der Waals surface area contributed by atoms with Crippen LogP contribution in [0.3, 0.4) is 0 Å². The molecule has 2 heterocycles. The van der Waals surface area contributed by atoms with Crippen LogP contribution < -0.4 is 0 Å². The molecule has 0 aliphatic heterocycles. The summed E-state index contributed by atoms with van der Waals surface area (Å²) in [6.45, 7) is 1.72. The van der Waals surface area contributed by atoms with Crippen LogP contribution >= 0.6 is 0 Å². The van der Waals surface area contributed by atoms with Gasteiger partial charge in [0.15, 0.2) is 5.65 Å². The largest absolute Gasteiger partial charge is 0.478 e. The molecule has 0 bridgehead atoms. The molecule has 0 saturated carbocycles. The van der Waals surface area contributed by atoms with Crippen LogP contribution in [-0.4, -0.2) is 25.7 Å². The molecule has 5 heteroatoms. The lowest BCUT2D eigenvalue weighted by atomic mass is 10.2. The normalized spacial score (nSPS) is 10.8. The molecule has 1 aromatic carbocycles. The Morgan fingerprint density at radius 1 is 1.26 bits per heavy atom. The van der Waals surface area contributed by atoms with Crippen LogP contribution in [-0.2, 0) is 0 Å². The summed E-state index contributed by atoms with van der Waals surface area (Å²) in [7, 11) is 0. The van der Waals surface area contributed by atoms with Gasteiger partial charge in [0.1, 0.15) is 0 Å². The van der Waals surface area contributed by atoms with Crippen LogP contribution in [0.4, 0.5) is 0 Å². The van der Waals surface area contributed by atoms with Gasteiger partial charge in [-0.15, -0.1) is 0 Å². The zero-order chi connectivity index (χ0) is 13.4. The van der Waals surface area contributed by atoms with Crippen molar-refractivity contribution >= 4 is 11.6 Å². The van der Waals surface area contributed by atoms with Gasteiger partial charge in [0.2, 0.25) is 0 Å². The van der Waals surface area contributed by atoms with E-state index >= 15 is 0 Å². The molecule has 19 heavy (non-hydrogen) atoms. The summed E-state index contributed by atoms with van der Waals surface area (Å²) >= 11 is 0. The van der Waals surface area contributed by atoms with E-state index in [1.165, 1.54) is 6.20 Å². The summed E-state index contributed by atoms with van der Waals surface area (Å²) < 4.78 is 1.56. The highest BCUT2D eigenvalue weighted by Crippen LogP contribution is 2.20. The van der Waals surface area contributed by atoms with Crippen LogP contribution in [0, 0.1) is 6.92 Å². The number of fused-ring (bicyclic) bond motifs is 1. The van der Waals surface area contributed by atoms with Crippen molar-refractivity contribution in [2.75, 3.05) is 0 Å². The van der Waals surface area contributed by atoms with Crippen LogP contribution in [0.5, 0.6) is 0 Å². The number of hydrogen-bond donors (Lipinski definition) is 1. The second kappa shape index (κ2) is 4.20. The molecule has 0 fully saturated rings. The topological polar surface area (TPSA) is 67.5 Å². The Hall–Kier alpha value is -2.69. The van der Waals surface area contributed by atoms with Crippen molar-refractivity contribution in [3.63, 3.8) is 0 Å². The second-order valence-electron chi connectivity index (χ2n) is 4.23. The third-order valence-corrected chi connectivity index (χ3v) is 3.02. The number of carboxylic acid groups (broad SMARTS) is 1. The molecule has 5 nitrogen and oxygen atoms in total. The van der Waals surface area contributed by atoms with E-state index in [2.05, 4.69) is 10.1 Å². The number of aryl methyl sites for hydroxylation is 1. The molecule has 0 aliphatic carbocycles. The van der Waals surface area contributed by atoms with E-state index in [1.807, 2.05) is 36.4 Å². The maximum absolute atomic E-state index is 11.1. The number of carbonyl (C=O) groups is 1.